The van der Waals surface area contributed by atoms with Crippen LogP contribution in [0.3, 0.4) is 0 Å². The molecule has 3 rings (SSSR count). The molecular weight excluding hydrogens is 287 g/mol. The Bertz CT molecular complexity index is 799. The fourth-order valence-electron chi connectivity index (χ4n) is 2.29. The molecule has 0 saturated carbocycles. The lowest BCUT2D eigenvalue weighted by Crippen LogP contribution is -2.19. The van der Waals surface area contributed by atoms with Crippen molar-refractivity contribution in [3.8, 4) is 0 Å². The SMILES string of the molecule is Cc1cc2c(N(C)Cc3ccccc3F)nc(N)nc2s1. The Labute approximate surface area is 126 Å². The van der Waals surface area contributed by atoms with Crippen molar-refractivity contribution in [3.05, 3.63) is 46.6 Å². The fourth-order valence-corrected chi connectivity index (χ4v) is 3.17. The number of thiophene rings is 1. The first-order valence-corrected chi connectivity index (χ1v) is 7.34. The smallest absolute Gasteiger partial charge is 0.223 e. The van der Waals surface area contributed by atoms with Gasteiger partial charge in [0.05, 0.1) is 5.39 Å². The number of nitrogens with two attached hydrogens (primary N) is 1. The monoisotopic (exact) mass is 302 g/mol. The predicted molar refractivity (Wildman–Crippen MR) is 85.1 cm³/mol. The van der Waals surface area contributed by atoms with Crippen LogP contribution in [-0.2, 0) is 6.54 Å². The van der Waals surface area contributed by atoms with Crippen molar-refractivity contribution in [2.45, 2.75) is 13.5 Å². The average Bonchev–Trinajstić information content (AvgIpc) is 2.80. The third kappa shape index (κ3) is 2.67. The van der Waals surface area contributed by atoms with Gasteiger partial charge in [0.2, 0.25) is 5.95 Å². The van der Waals surface area contributed by atoms with Crippen LogP contribution < -0.4 is 10.6 Å². The normalized spacial score (nSPS) is 11.0. The molecule has 2 aromatic heterocycles. The number of hydrogen-bond donors (Lipinski definition) is 1. The van der Waals surface area contributed by atoms with Crippen LogP contribution in [0.2, 0.25) is 0 Å². The van der Waals surface area contributed by atoms with Gasteiger partial charge in [-0.3, -0.25) is 0 Å². The molecule has 3 aromatic rings. The summed E-state index contributed by atoms with van der Waals surface area (Å²) in [7, 11) is 1.88. The number of nitrogens with zero attached hydrogens (tertiary/aromatic N) is 3. The van der Waals surface area contributed by atoms with Gasteiger partial charge < -0.3 is 10.6 Å². The Balaban J connectivity index is 2.01. The molecule has 21 heavy (non-hydrogen) atoms. The summed E-state index contributed by atoms with van der Waals surface area (Å²) in [6.45, 7) is 2.44. The van der Waals surface area contributed by atoms with Crippen LogP contribution in [0, 0.1) is 12.7 Å². The van der Waals surface area contributed by atoms with Crippen LogP contribution in [0.1, 0.15) is 10.4 Å². The van der Waals surface area contributed by atoms with Gasteiger partial charge in [-0.25, -0.2) is 9.37 Å². The van der Waals surface area contributed by atoms with Crippen molar-refractivity contribution in [1.29, 1.82) is 0 Å². The van der Waals surface area contributed by atoms with Crippen LogP contribution in [0.4, 0.5) is 16.2 Å². The molecule has 0 aliphatic rings. The zero-order valence-electron chi connectivity index (χ0n) is 11.8. The first-order valence-electron chi connectivity index (χ1n) is 6.53. The van der Waals surface area contributed by atoms with E-state index in [2.05, 4.69) is 9.97 Å². The molecule has 4 nitrogen and oxygen atoms in total. The molecule has 6 heteroatoms. The second-order valence-electron chi connectivity index (χ2n) is 4.93. The highest BCUT2D eigenvalue weighted by Gasteiger charge is 2.14. The zero-order chi connectivity index (χ0) is 15.0. The number of aromatic nitrogens is 2. The quantitative estimate of drug-likeness (QED) is 0.806. The van der Waals surface area contributed by atoms with Crippen LogP contribution in [0.5, 0.6) is 0 Å². The zero-order valence-corrected chi connectivity index (χ0v) is 12.6. The Morgan fingerprint density at radius 2 is 2.05 bits per heavy atom. The summed E-state index contributed by atoms with van der Waals surface area (Å²) >= 11 is 1.58. The molecule has 1 aromatic carbocycles. The fraction of sp³-hybridized carbons (Fsp3) is 0.200. The molecule has 0 aliphatic heterocycles. The van der Waals surface area contributed by atoms with Crippen molar-refractivity contribution < 1.29 is 4.39 Å². The van der Waals surface area contributed by atoms with Crippen LogP contribution >= 0.6 is 11.3 Å². The van der Waals surface area contributed by atoms with E-state index < -0.39 is 0 Å². The second-order valence-corrected chi connectivity index (χ2v) is 6.16. The van der Waals surface area contributed by atoms with Gasteiger partial charge in [-0.05, 0) is 19.1 Å². The Kier molecular flexibility index (Phi) is 3.47. The third-order valence-electron chi connectivity index (χ3n) is 3.24. The summed E-state index contributed by atoms with van der Waals surface area (Å²) in [5, 5.41) is 0.950. The number of benzene rings is 1. The maximum atomic E-state index is 13.8. The number of halogens is 1. The van der Waals surface area contributed by atoms with Crippen LogP contribution in [0.25, 0.3) is 10.2 Å². The Morgan fingerprint density at radius 3 is 2.81 bits per heavy atom. The van der Waals surface area contributed by atoms with E-state index in [1.54, 1.807) is 23.5 Å². The van der Waals surface area contributed by atoms with Gasteiger partial charge in [0.15, 0.2) is 0 Å². The van der Waals surface area contributed by atoms with Crippen LogP contribution in [-0.4, -0.2) is 17.0 Å². The van der Waals surface area contributed by atoms with E-state index in [9.17, 15) is 4.39 Å². The molecular formula is C15H15FN4S. The number of anilines is 2. The van der Waals surface area contributed by atoms with E-state index in [1.807, 2.05) is 31.0 Å². The molecule has 0 bridgehead atoms. The van der Waals surface area contributed by atoms with Gasteiger partial charge in [0, 0.05) is 24.0 Å². The standard InChI is InChI=1S/C15H15FN4S/c1-9-7-11-13(18-15(17)19-14(11)21-9)20(2)8-10-5-3-4-6-12(10)16/h3-7H,8H2,1-2H3,(H2,17,18,19). The lowest BCUT2D eigenvalue weighted by molar-refractivity contribution is 0.607. The molecule has 0 radical (unpaired) electrons. The summed E-state index contributed by atoms with van der Waals surface area (Å²) in [6, 6.07) is 8.77. The van der Waals surface area contributed by atoms with Crippen molar-refractivity contribution in [2.24, 2.45) is 0 Å². The molecule has 2 heterocycles. The van der Waals surface area contributed by atoms with Crippen molar-refractivity contribution in [3.63, 3.8) is 0 Å². The average molecular weight is 302 g/mol. The predicted octanol–water partition coefficient (Wildman–Crippen LogP) is 3.36. The maximum absolute atomic E-state index is 13.8. The van der Waals surface area contributed by atoms with Crippen molar-refractivity contribution in [2.75, 3.05) is 17.7 Å². The Morgan fingerprint density at radius 1 is 1.29 bits per heavy atom. The topological polar surface area (TPSA) is 55.0 Å². The second kappa shape index (κ2) is 5.29. The minimum absolute atomic E-state index is 0.218. The lowest BCUT2D eigenvalue weighted by Gasteiger charge is -2.19. The van der Waals surface area contributed by atoms with E-state index in [-0.39, 0.29) is 11.8 Å². The highest BCUT2D eigenvalue weighted by molar-refractivity contribution is 7.18. The maximum Gasteiger partial charge on any atom is 0.223 e. The number of rotatable bonds is 3. The van der Waals surface area contributed by atoms with Gasteiger partial charge in [0.25, 0.3) is 0 Å². The van der Waals surface area contributed by atoms with Gasteiger partial charge in [-0.1, -0.05) is 18.2 Å². The minimum atomic E-state index is -0.218. The summed E-state index contributed by atoms with van der Waals surface area (Å²) in [5.41, 5.74) is 6.40. The first-order chi connectivity index (χ1) is 10.0. The molecule has 0 unspecified atom stereocenters. The van der Waals surface area contributed by atoms with Gasteiger partial charge in [0.1, 0.15) is 16.5 Å². The van der Waals surface area contributed by atoms with E-state index in [4.69, 9.17) is 5.73 Å². The molecule has 0 atom stereocenters. The molecule has 108 valence electrons. The van der Waals surface area contributed by atoms with Gasteiger partial charge >= 0.3 is 0 Å². The van der Waals surface area contributed by atoms with Gasteiger partial charge in [-0.15, -0.1) is 11.3 Å². The van der Waals surface area contributed by atoms with Crippen molar-refractivity contribution in [1.82, 2.24) is 9.97 Å². The Hall–Kier alpha value is -2.21. The van der Waals surface area contributed by atoms with E-state index in [0.29, 0.717) is 12.1 Å². The highest BCUT2D eigenvalue weighted by Crippen LogP contribution is 2.31. The van der Waals surface area contributed by atoms with E-state index in [0.717, 1.165) is 20.9 Å². The summed E-state index contributed by atoms with van der Waals surface area (Å²) in [5.74, 6) is 0.744. The molecule has 0 fully saturated rings. The lowest BCUT2D eigenvalue weighted by atomic mass is 10.2. The van der Waals surface area contributed by atoms with Crippen LogP contribution in [0.15, 0.2) is 30.3 Å². The molecule has 0 saturated heterocycles. The number of fused-ring (bicyclic) bond motifs is 1. The highest BCUT2D eigenvalue weighted by atomic mass is 32.1. The summed E-state index contributed by atoms with van der Waals surface area (Å²) in [6.07, 6.45) is 0. The van der Waals surface area contributed by atoms with Crippen molar-refractivity contribution >= 4 is 33.3 Å². The number of aryl methyl sites for hydroxylation is 1. The summed E-state index contributed by atoms with van der Waals surface area (Å²) < 4.78 is 13.8. The number of hydrogen-bond acceptors (Lipinski definition) is 5. The summed E-state index contributed by atoms with van der Waals surface area (Å²) in [4.78, 5) is 12.5. The molecule has 2 N–H and O–H groups in total. The minimum Gasteiger partial charge on any atom is -0.368 e. The molecule has 0 aliphatic carbocycles. The third-order valence-corrected chi connectivity index (χ3v) is 4.18. The molecule has 0 amide bonds. The first kappa shape index (κ1) is 13.8. The van der Waals surface area contributed by atoms with E-state index in [1.165, 1.54) is 6.07 Å². The van der Waals surface area contributed by atoms with E-state index >= 15 is 0 Å². The number of nitrogen functional groups attached to an aromatic ring is 1. The largest absolute Gasteiger partial charge is 0.368 e. The van der Waals surface area contributed by atoms with Gasteiger partial charge in [-0.2, -0.15) is 4.98 Å². The molecule has 0 spiro atoms.